The third-order valence-electron chi connectivity index (χ3n) is 10.0. The summed E-state index contributed by atoms with van der Waals surface area (Å²) in [5, 5.41) is 34.9. The van der Waals surface area contributed by atoms with Gasteiger partial charge in [-0.2, -0.15) is 0 Å². The molecule has 1 aromatic carbocycles. The van der Waals surface area contributed by atoms with E-state index in [1.807, 2.05) is 27.7 Å². The lowest BCUT2D eigenvalue weighted by Gasteiger charge is -2.34. The number of hydrogen-bond acceptors (Lipinski definition) is 10. The maximum absolute atomic E-state index is 14.3. The standard InChI is InChI=1S/C38H56N8O10/c1-21(2)15-25-34(52)44-28(20-47)33(51)40-18-31(49)39-19-32(50)41-26(17-23-9-11-24(48)12-10-23)35(53)43-27(16-22(3)4)37(55)46-14-6-8-30(46)38(56)45-13-5-7-29(45)36(54)42-25/h9-12,21-22,25-30,47-48H,5-8,13-20H2,1-4H3,(H,39,49)(H,40,51)(H,41,50)(H,42,54)(H,43,53)(H,44,52)/t25-,26+,27+,28+,29-,30+/m1/s1. The van der Waals surface area contributed by atoms with Gasteiger partial charge in [0.25, 0.3) is 0 Å². The Bertz CT molecular complexity index is 1620. The van der Waals surface area contributed by atoms with Crippen LogP contribution in [-0.2, 0) is 44.8 Å². The molecule has 0 spiro atoms. The van der Waals surface area contributed by atoms with Crippen LogP contribution in [-0.4, -0.2) is 136 Å². The molecule has 6 atom stereocenters. The van der Waals surface area contributed by atoms with Crippen LogP contribution >= 0.6 is 0 Å². The topological polar surface area (TPSA) is 256 Å². The highest BCUT2D eigenvalue weighted by Gasteiger charge is 2.44. The number of nitrogens with one attached hydrogen (secondary N) is 6. The quantitative estimate of drug-likeness (QED) is 0.154. The molecule has 0 aliphatic carbocycles. The number of carbonyl (C=O) groups is 8. The Balaban J connectivity index is 1.66. The van der Waals surface area contributed by atoms with Crippen LogP contribution in [0.5, 0.6) is 5.75 Å². The Morgan fingerprint density at radius 1 is 0.607 bits per heavy atom. The molecule has 18 nitrogen and oxygen atoms in total. The Kier molecular flexibility index (Phi) is 15.6. The second-order valence-corrected chi connectivity index (χ2v) is 15.5. The molecule has 8 amide bonds. The van der Waals surface area contributed by atoms with E-state index in [-0.39, 0.29) is 49.9 Å². The number of phenols is 1. The van der Waals surface area contributed by atoms with Crippen molar-refractivity contribution in [2.24, 2.45) is 11.8 Å². The first kappa shape index (κ1) is 43.5. The van der Waals surface area contributed by atoms with Crippen LogP contribution in [0.25, 0.3) is 0 Å². The zero-order valence-corrected chi connectivity index (χ0v) is 32.5. The van der Waals surface area contributed by atoms with E-state index in [4.69, 9.17) is 0 Å². The summed E-state index contributed by atoms with van der Waals surface area (Å²) < 4.78 is 0. The molecule has 0 radical (unpaired) electrons. The van der Waals surface area contributed by atoms with Crippen molar-refractivity contribution in [3.8, 4) is 5.75 Å². The molecule has 4 rings (SSSR count). The lowest BCUT2D eigenvalue weighted by molar-refractivity contribution is -0.148. The summed E-state index contributed by atoms with van der Waals surface area (Å²) in [6.07, 6.45) is 2.02. The minimum absolute atomic E-state index is 0.00745. The molecule has 3 aliphatic rings. The van der Waals surface area contributed by atoms with E-state index in [0.29, 0.717) is 31.2 Å². The number of carbonyl (C=O) groups excluding carboxylic acids is 8. The van der Waals surface area contributed by atoms with E-state index < -0.39 is 103 Å². The molecule has 0 unspecified atom stereocenters. The van der Waals surface area contributed by atoms with Crippen LogP contribution in [0.15, 0.2) is 24.3 Å². The zero-order chi connectivity index (χ0) is 41.1. The van der Waals surface area contributed by atoms with E-state index >= 15 is 0 Å². The number of aromatic hydroxyl groups is 1. The fraction of sp³-hybridized carbons (Fsp3) is 0.632. The number of aliphatic hydroxyl groups excluding tert-OH is 1. The maximum atomic E-state index is 14.3. The van der Waals surface area contributed by atoms with Crippen LogP contribution in [0.4, 0.5) is 0 Å². The number of hydrogen-bond donors (Lipinski definition) is 8. The summed E-state index contributed by atoms with van der Waals surface area (Å²) in [4.78, 5) is 111. The average Bonchev–Trinajstić information content (AvgIpc) is 3.85. The first-order valence-electron chi connectivity index (χ1n) is 19.3. The van der Waals surface area contributed by atoms with Crippen LogP contribution in [0.2, 0.25) is 0 Å². The molecule has 18 heteroatoms. The van der Waals surface area contributed by atoms with Crippen LogP contribution in [0.1, 0.15) is 71.8 Å². The number of phenolic OH excluding ortho intramolecular Hbond substituents is 1. The number of nitrogens with zero attached hydrogens (tertiary/aromatic N) is 2. The molecule has 56 heavy (non-hydrogen) atoms. The number of amides is 8. The van der Waals surface area contributed by atoms with Gasteiger partial charge in [0.15, 0.2) is 0 Å². The fourth-order valence-corrected chi connectivity index (χ4v) is 7.24. The number of benzene rings is 1. The molecule has 0 aromatic heterocycles. The van der Waals surface area contributed by atoms with Gasteiger partial charge in [0.2, 0.25) is 47.3 Å². The van der Waals surface area contributed by atoms with Gasteiger partial charge in [0.05, 0.1) is 19.7 Å². The Morgan fingerprint density at radius 2 is 1.14 bits per heavy atom. The summed E-state index contributed by atoms with van der Waals surface area (Å²) in [7, 11) is 0. The highest BCUT2D eigenvalue weighted by Crippen LogP contribution is 2.27. The third-order valence-corrected chi connectivity index (χ3v) is 10.0. The summed E-state index contributed by atoms with van der Waals surface area (Å²) in [5.41, 5.74) is 0.574. The van der Waals surface area contributed by atoms with Gasteiger partial charge in [-0.25, -0.2) is 0 Å². The zero-order valence-electron chi connectivity index (χ0n) is 32.5. The van der Waals surface area contributed by atoms with E-state index in [1.165, 1.54) is 21.9 Å². The molecule has 0 saturated carbocycles. The molecular weight excluding hydrogens is 728 g/mol. The van der Waals surface area contributed by atoms with Crippen molar-refractivity contribution < 1.29 is 48.6 Å². The molecule has 0 bridgehead atoms. The van der Waals surface area contributed by atoms with Crippen molar-refractivity contribution >= 4 is 47.3 Å². The van der Waals surface area contributed by atoms with E-state index in [9.17, 15) is 48.6 Å². The largest absolute Gasteiger partial charge is 0.508 e. The minimum Gasteiger partial charge on any atom is -0.508 e. The summed E-state index contributed by atoms with van der Waals surface area (Å²) >= 11 is 0. The van der Waals surface area contributed by atoms with E-state index in [1.54, 1.807) is 12.1 Å². The molecule has 1 aromatic rings. The first-order valence-corrected chi connectivity index (χ1v) is 19.3. The molecule has 3 heterocycles. The van der Waals surface area contributed by atoms with Gasteiger partial charge < -0.3 is 51.9 Å². The smallest absolute Gasteiger partial charge is 0.246 e. The van der Waals surface area contributed by atoms with Crippen LogP contribution < -0.4 is 31.9 Å². The second-order valence-electron chi connectivity index (χ2n) is 15.5. The maximum Gasteiger partial charge on any atom is 0.246 e. The predicted molar refractivity (Wildman–Crippen MR) is 201 cm³/mol. The summed E-state index contributed by atoms with van der Waals surface area (Å²) in [6, 6.07) is -0.760. The van der Waals surface area contributed by atoms with Crippen molar-refractivity contribution in [2.45, 2.75) is 109 Å². The van der Waals surface area contributed by atoms with E-state index in [0.717, 1.165) is 0 Å². The fourth-order valence-electron chi connectivity index (χ4n) is 7.24. The van der Waals surface area contributed by atoms with Crippen molar-refractivity contribution in [3.05, 3.63) is 29.8 Å². The third kappa shape index (κ3) is 11.9. The van der Waals surface area contributed by atoms with Gasteiger partial charge in [-0.3, -0.25) is 38.4 Å². The number of fused-ring (bicyclic) bond motifs is 2. The Hall–Kier alpha value is -5.26. The van der Waals surface area contributed by atoms with Crippen LogP contribution in [0.3, 0.4) is 0 Å². The van der Waals surface area contributed by atoms with Crippen molar-refractivity contribution in [2.75, 3.05) is 32.8 Å². The molecule has 3 fully saturated rings. The van der Waals surface area contributed by atoms with Gasteiger partial charge in [-0.1, -0.05) is 39.8 Å². The second kappa shape index (κ2) is 20.1. The van der Waals surface area contributed by atoms with E-state index in [2.05, 4.69) is 31.9 Å². The summed E-state index contributed by atoms with van der Waals surface area (Å²) in [6.45, 7) is 5.89. The molecule has 3 saturated heterocycles. The molecule has 3 aliphatic heterocycles. The van der Waals surface area contributed by atoms with Gasteiger partial charge in [0.1, 0.15) is 42.0 Å². The highest BCUT2D eigenvalue weighted by molar-refractivity contribution is 5.98. The van der Waals surface area contributed by atoms with Gasteiger partial charge in [-0.05, 0) is 68.1 Å². The lowest BCUT2D eigenvalue weighted by atomic mass is 10.00. The lowest BCUT2D eigenvalue weighted by Crippen LogP contribution is -2.60. The monoisotopic (exact) mass is 784 g/mol. The number of rotatable bonds is 7. The van der Waals surface area contributed by atoms with Gasteiger partial charge >= 0.3 is 0 Å². The summed E-state index contributed by atoms with van der Waals surface area (Å²) in [5.74, 6) is -5.50. The van der Waals surface area contributed by atoms with Gasteiger partial charge in [-0.15, -0.1) is 0 Å². The first-order chi connectivity index (χ1) is 26.6. The van der Waals surface area contributed by atoms with Crippen molar-refractivity contribution in [1.82, 2.24) is 41.7 Å². The minimum atomic E-state index is -1.48. The number of aliphatic hydroxyl groups is 1. The molecule has 8 N–H and O–H groups in total. The van der Waals surface area contributed by atoms with Gasteiger partial charge in [0, 0.05) is 19.5 Å². The average molecular weight is 785 g/mol. The SMILES string of the molecule is CC(C)C[C@@H]1NC(=O)[C@H](Cc2ccc(O)cc2)NC(=O)CNC(=O)CNC(=O)[C@H](CO)NC(=O)[C@@H](CC(C)C)NC(=O)[C@H]2CCCN2C(=O)[C@@H]2CCCN2C1=O. The molecular formula is C38H56N8O10. The normalized spacial score (nSPS) is 26.8. The van der Waals surface area contributed by atoms with Crippen molar-refractivity contribution in [1.29, 1.82) is 0 Å². The van der Waals surface area contributed by atoms with Crippen molar-refractivity contribution in [3.63, 3.8) is 0 Å². The Morgan fingerprint density at radius 3 is 1.77 bits per heavy atom. The molecule has 308 valence electrons. The highest BCUT2D eigenvalue weighted by atomic mass is 16.3. The predicted octanol–water partition coefficient (Wildman–Crippen LogP) is -1.81. The van der Waals surface area contributed by atoms with Crippen LogP contribution in [0, 0.1) is 11.8 Å². The Labute approximate surface area is 326 Å².